The second-order valence-electron chi connectivity index (χ2n) is 8.43. The third-order valence-corrected chi connectivity index (χ3v) is 6.91. The zero-order valence-electron chi connectivity index (χ0n) is 19.0. The molecule has 0 saturated carbocycles. The van der Waals surface area contributed by atoms with Gasteiger partial charge in [-0.25, -0.2) is 8.78 Å². The summed E-state index contributed by atoms with van der Waals surface area (Å²) in [6.45, 7) is 4.04. The van der Waals surface area contributed by atoms with Crippen LogP contribution in [0.3, 0.4) is 0 Å². The van der Waals surface area contributed by atoms with Crippen LogP contribution in [0.5, 0.6) is 5.75 Å². The third-order valence-electron chi connectivity index (χ3n) is 5.91. The lowest BCUT2D eigenvalue weighted by Gasteiger charge is -2.37. The van der Waals surface area contributed by atoms with Gasteiger partial charge in [-0.3, -0.25) is 9.59 Å². The van der Waals surface area contributed by atoms with Crippen molar-refractivity contribution in [2.24, 2.45) is 0 Å². The number of hydrogen-bond donors (Lipinski definition) is 0. The van der Waals surface area contributed by atoms with E-state index in [2.05, 4.69) is 0 Å². The van der Waals surface area contributed by atoms with E-state index in [0.717, 1.165) is 5.56 Å². The number of carbonyl (C=O) groups is 2. The predicted octanol–water partition coefficient (Wildman–Crippen LogP) is 5.08. The van der Waals surface area contributed by atoms with Gasteiger partial charge in [-0.1, -0.05) is 18.2 Å². The van der Waals surface area contributed by atoms with Crippen LogP contribution in [0, 0.1) is 11.6 Å². The van der Waals surface area contributed by atoms with E-state index in [-0.39, 0.29) is 36.7 Å². The molecular weight excluding hydrogens is 458 g/mol. The number of ether oxygens (including phenoxy) is 1. The number of benzene rings is 2. The number of carbonyl (C=O) groups excluding carboxylic acids is 2. The Kier molecular flexibility index (Phi) is 7.26. The van der Waals surface area contributed by atoms with Crippen LogP contribution in [0.15, 0.2) is 60.0 Å². The molecule has 0 fully saturated rings. The highest BCUT2D eigenvalue weighted by Gasteiger charge is 2.34. The van der Waals surface area contributed by atoms with Crippen molar-refractivity contribution in [3.8, 4) is 5.75 Å². The number of rotatable bonds is 7. The molecule has 1 aliphatic heterocycles. The van der Waals surface area contributed by atoms with E-state index in [1.807, 2.05) is 11.4 Å². The van der Waals surface area contributed by atoms with Crippen molar-refractivity contribution in [2.75, 3.05) is 19.7 Å². The molecule has 1 aliphatic rings. The molecule has 2 amide bonds. The lowest BCUT2D eigenvalue weighted by molar-refractivity contribution is -0.136. The Morgan fingerprint density at radius 3 is 2.68 bits per heavy atom. The van der Waals surface area contributed by atoms with Crippen molar-refractivity contribution in [1.82, 2.24) is 9.80 Å². The van der Waals surface area contributed by atoms with Gasteiger partial charge in [0.1, 0.15) is 30.5 Å². The normalized spacial score (nSPS) is 15.2. The van der Waals surface area contributed by atoms with Crippen LogP contribution in [0.2, 0.25) is 0 Å². The fourth-order valence-electron chi connectivity index (χ4n) is 4.12. The van der Waals surface area contributed by atoms with E-state index >= 15 is 0 Å². The zero-order chi connectivity index (χ0) is 24.2. The molecule has 0 unspecified atom stereocenters. The summed E-state index contributed by atoms with van der Waals surface area (Å²) in [4.78, 5) is 30.8. The Balaban J connectivity index is 1.54. The van der Waals surface area contributed by atoms with E-state index < -0.39 is 17.5 Å². The molecule has 5 nitrogen and oxygen atoms in total. The van der Waals surface area contributed by atoms with E-state index in [1.54, 1.807) is 48.3 Å². The Hall–Kier alpha value is -3.26. The number of halogens is 2. The van der Waals surface area contributed by atoms with Crippen molar-refractivity contribution in [2.45, 2.75) is 32.4 Å². The van der Waals surface area contributed by atoms with E-state index in [4.69, 9.17) is 4.74 Å². The number of thiophene rings is 1. The largest absolute Gasteiger partial charge is 0.491 e. The summed E-state index contributed by atoms with van der Waals surface area (Å²) in [5.74, 6) is -1.41. The molecular formula is C26H26F2N2O3S. The van der Waals surface area contributed by atoms with E-state index in [1.165, 1.54) is 40.1 Å². The molecule has 1 atom stereocenters. The molecule has 0 radical (unpaired) electrons. The molecule has 2 heterocycles. The summed E-state index contributed by atoms with van der Waals surface area (Å²) in [6.07, 6.45) is 0.706. The minimum atomic E-state index is -0.618. The Labute approximate surface area is 201 Å². The average Bonchev–Trinajstić information content (AvgIpc) is 3.30. The lowest BCUT2D eigenvalue weighted by atomic mass is 10.00. The molecule has 3 aromatic rings. The first-order chi connectivity index (χ1) is 16.3. The summed E-state index contributed by atoms with van der Waals surface area (Å²) in [7, 11) is 0. The van der Waals surface area contributed by atoms with Gasteiger partial charge in [-0.15, -0.1) is 11.3 Å². The minimum absolute atomic E-state index is 0.0613. The van der Waals surface area contributed by atoms with Crippen LogP contribution in [0.1, 0.15) is 40.7 Å². The molecule has 1 aromatic heterocycles. The van der Waals surface area contributed by atoms with E-state index in [0.29, 0.717) is 18.7 Å². The second-order valence-corrected chi connectivity index (χ2v) is 9.43. The lowest BCUT2D eigenvalue weighted by Crippen LogP contribution is -2.49. The van der Waals surface area contributed by atoms with Gasteiger partial charge < -0.3 is 14.5 Å². The molecule has 2 aromatic carbocycles. The minimum Gasteiger partial charge on any atom is -0.491 e. The second kappa shape index (κ2) is 10.3. The first kappa shape index (κ1) is 23.9. The molecule has 0 bridgehead atoms. The van der Waals surface area contributed by atoms with Crippen LogP contribution in [0.4, 0.5) is 8.78 Å². The van der Waals surface area contributed by atoms with Gasteiger partial charge in [0.25, 0.3) is 5.91 Å². The highest BCUT2D eigenvalue weighted by Crippen LogP contribution is 2.34. The Morgan fingerprint density at radius 2 is 1.94 bits per heavy atom. The van der Waals surface area contributed by atoms with Gasteiger partial charge >= 0.3 is 0 Å². The summed E-state index contributed by atoms with van der Waals surface area (Å²) in [5.41, 5.74) is 0.936. The number of hydrogen-bond acceptors (Lipinski definition) is 4. The molecule has 0 N–H and O–H groups in total. The average molecular weight is 485 g/mol. The zero-order valence-corrected chi connectivity index (χ0v) is 19.9. The maximum atomic E-state index is 14.3. The number of nitrogens with zero attached hydrogens (tertiary/aromatic N) is 2. The molecule has 178 valence electrons. The Bertz CT molecular complexity index is 1180. The molecule has 0 aliphatic carbocycles. The number of fused-ring (bicyclic) bond motifs is 1. The standard InChI is InChI=1S/C26H26F2N2O3S/c1-17(2)30(26(32)20-8-3-4-9-22(20)28)15-25(31)29-12-10-24-21(11-13-34-24)23(29)16-33-19-7-5-6-18(27)14-19/h3-9,11,13-14,17,23H,10,12,15-16H2,1-2H3/t23-/m0/s1. The quantitative estimate of drug-likeness (QED) is 0.470. The topological polar surface area (TPSA) is 49.9 Å². The van der Waals surface area contributed by atoms with Gasteiger partial charge in [0, 0.05) is 23.5 Å². The van der Waals surface area contributed by atoms with Crippen molar-refractivity contribution >= 4 is 23.2 Å². The smallest absolute Gasteiger partial charge is 0.257 e. The molecule has 0 saturated heterocycles. The first-order valence-electron chi connectivity index (χ1n) is 11.1. The van der Waals surface area contributed by atoms with Crippen LogP contribution in [-0.4, -0.2) is 47.4 Å². The van der Waals surface area contributed by atoms with Crippen LogP contribution < -0.4 is 4.74 Å². The maximum absolute atomic E-state index is 14.3. The van der Waals surface area contributed by atoms with Gasteiger partial charge in [-0.05, 0) is 61.5 Å². The first-order valence-corrected chi connectivity index (χ1v) is 12.0. The van der Waals surface area contributed by atoms with Gasteiger partial charge in [0.05, 0.1) is 11.6 Å². The van der Waals surface area contributed by atoms with Gasteiger partial charge in [0.2, 0.25) is 5.91 Å². The highest BCUT2D eigenvalue weighted by molar-refractivity contribution is 7.10. The van der Waals surface area contributed by atoms with Crippen LogP contribution in [0.25, 0.3) is 0 Å². The van der Waals surface area contributed by atoms with Gasteiger partial charge in [0.15, 0.2) is 0 Å². The highest BCUT2D eigenvalue weighted by atomic mass is 32.1. The molecule has 34 heavy (non-hydrogen) atoms. The molecule has 8 heteroatoms. The summed E-state index contributed by atoms with van der Waals surface area (Å²) >= 11 is 1.63. The maximum Gasteiger partial charge on any atom is 0.257 e. The predicted molar refractivity (Wildman–Crippen MR) is 127 cm³/mol. The van der Waals surface area contributed by atoms with Crippen LogP contribution in [-0.2, 0) is 11.2 Å². The summed E-state index contributed by atoms with van der Waals surface area (Å²) < 4.78 is 33.7. The van der Waals surface area contributed by atoms with Crippen molar-refractivity contribution < 1.29 is 23.1 Å². The van der Waals surface area contributed by atoms with Gasteiger partial charge in [-0.2, -0.15) is 0 Å². The van der Waals surface area contributed by atoms with Crippen molar-refractivity contribution in [3.63, 3.8) is 0 Å². The molecule has 0 spiro atoms. The number of amides is 2. The summed E-state index contributed by atoms with van der Waals surface area (Å²) in [5, 5.41) is 1.98. The van der Waals surface area contributed by atoms with Crippen molar-refractivity contribution in [1.29, 1.82) is 0 Å². The van der Waals surface area contributed by atoms with Crippen molar-refractivity contribution in [3.05, 3.63) is 87.6 Å². The summed E-state index contributed by atoms with van der Waals surface area (Å²) in [6, 6.07) is 12.9. The van der Waals surface area contributed by atoms with E-state index in [9.17, 15) is 18.4 Å². The molecule has 4 rings (SSSR count). The third kappa shape index (κ3) is 5.12. The SMILES string of the molecule is CC(C)N(CC(=O)N1CCc2sccc2[C@@H]1COc1cccc(F)c1)C(=O)c1ccccc1F. The Morgan fingerprint density at radius 1 is 1.15 bits per heavy atom. The fourth-order valence-corrected chi connectivity index (χ4v) is 5.05. The fraction of sp³-hybridized carbons (Fsp3) is 0.308. The van der Waals surface area contributed by atoms with Crippen LogP contribution >= 0.6 is 11.3 Å². The monoisotopic (exact) mass is 484 g/mol.